The van der Waals surface area contributed by atoms with Crippen LogP contribution in [0.4, 0.5) is 0 Å². The molecule has 1 aromatic rings. The van der Waals surface area contributed by atoms with Gasteiger partial charge >= 0.3 is 0 Å². The lowest BCUT2D eigenvalue weighted by Gasteiger charge is -2.21. The summed E-state index contributed by atoms with van der Waals surface area (Å²) in [7, 11) is 0. The van der Waals surface area contributed by atoms with Gasteiger partial charge in [-0.2, -0.15) is 0 Å². The zero-order chi connectivity index (χ0) is 11.5. The molecule has 1 heterocycles. The summed E-state index contributed by atoms with van der Waals surface area (Å²) in [6.45, 7) is 0. The Morgan fingerprint density at radius 3 is 2.88 bits per heavy atom. The molecule has 0 saturated heterocycles. The summed E-state index contributed by atoms with van der Waals surface area (Å²) in [6.07, 6.45) is 3.47. The van der Waals surface area contributed by atoms with Crippen molar-refractivity contribution in [3.8, 4) is 0 Å². The van der Waals surface area contributed by atoms with Gasteiger partial charge in [-0.15, -0.1) is 0 Å². The van der Waals surface area contributed by atoms with E-state index in [9.17, 15) is 4.79 Å². The first kappa shape index (κ1) is 11.5. The van der Waals surface area contributed by atoms with E-state index in [1.807, 2.05) is 6.08 Å². The van der Waals surface area contributed by atoms with Gasteiger partial charge in [-0.3, -0.25) is 4.79 Å². The van der Waals surface area contributed by atoms with Crippen molar-refractivity contribution in [2.24, 2.45) is 0 Å². The SMILES string of the molecule is O=C(c1cccc(Cl)c1)C1CCC=C(Cl)N1. The van der Waals surface area contributed by atoms with Gasteiger partial charge in [0, 0.05) is 10.6 Å². The maximum absolute atomic E-state index is 12.1. The smallest absolute Gasteiger partial charge is 0.185 e. The summed E-state index contributed by atoms with van der Waals surface area (Å²) < 4.78 is 0. The number of halogens is 2. The van der Waals surface area contributed by atoms with E-state index < -0.39 is 0 Å². The van der Waals surface area contributed by atoms with Crippen molar-refractivity contribution in [3.63, 3.8) is 0 Å². The minimum Gasteiger partial charge on any atom is -0.366 e. The average Bonchev–Trinajstić information content (AvgIpc) is 2.28. The third-order valence-electron chi connectivity index (χ3n) is 2.52. The standard InChI is InChI=1S/C12H11Cl2NO/c13-9-4-1-3-8(7-9)12(16)10-5-2-6-11(14)15-10/h1,3-4,6-7,10,15H,2,5H2. The van der Waals surface area contributed by atoms with E-state index >= 15 is 0 Å². The van der Waals surface area contributed by atoms with Crippen molar-refractivity contribution < 1.29 is 4.79 Å². The van der Waals surface area contributed by atoms with E-state index in [0.29, 0.717) is 15.7 Å². The molecule has 0 aromatic heterocycles. The molecule has 0 saturated carbocycles. The molecule has 1 aliphatic rings. The Kier molecular flexibility index (Phi) is 3.52. The van der Waals surface area contributed by atoms with Crippen molar-refractivity contribution in [2.75, 3.05) is 0 Å². The summed E-state index contributed by atoms with van der Waals surface area (Å²) in [6, 6.07) is 6.73. The number of Topliss-reactive ketones (excluding diaryl/α,β-unsaturated/α-hetero) is 1. The van der Waals surface area contributed by atoms with Gasteiger partial charge in [-0.1, -0.05) is 35.3 Å². The molecular weight excluding hydrogens is 245 g/mol. The Labute approximate surface area is 104 Å². The van der Waals surface area contributed by atoms with E-state index in [1.165, 1.54) is 0 Å². The minimum atomic E-state index is -0.240. The molecule has 2 nitrogen and oxygen atoms in total. The Morgan fingerprint density at radius 1 is 1.38 bits per heavy atom. The highest BCUT2D eigenvalue weighted by atomic mass is 35.5. The third-order valence-corrected chi connectivity index (χ3v) is 3.02. The lowest BCUT2D eigenvalue weighted by molar-refractivity contribution is 0.0942. The molecule has 1 atom stereocenters. The summed E-state index contributed by atoms with van der Waals surface area (Å²) >= 11 is 11.7. The summed E-state index contributed by atoms with van der Waals surface area (Å²) in [5, 5.41) is 4.09. The number of carbonyl (C=O) groups is 1. The maximum atomic E-state index is 12.1. The van der Waals surface area contributed by atoms with Crippen LogP contribution in [0.1, 0.15) is 23.2 Å². The highest BCUT2D eigenvalue weighted by Crippen LogP contribution is 2.18. The largest absolute Gasteiger partial charge is 0.366 e. The first-order chi connectivity index (χ1) is 7.66. The summed E-state index contributed by atoms with van der Waals surface area (Å²) in [5.41, 5.74) is 0.622. The highest BCUT2D eigenvalue weighted by Gasteiger charge is 2.22. The van der Waals surface area contributed by atoms with Crippen LogP contribution in [0.3, 0.4) is 0 Å². The predicted octanol–water partition coefficient (Wildman–Crippen LogP) is 3.35. The molecule has 1 aromatic carbocycles. The zero-order valence-electron chi connectivity index (χ0n) is 8.54. The average molecular weight is 256 g/mol. The molecule has 2 rings (SSSR count). The fraction of sp³-hybridized carbons (Fsp3) is 0.250. The van der Waals surface area contributed by atoms with Crippen LogP contribution < -0.4 is 5.32 Å². The molecule has 0 amide bonds. The Morgan fingerprint density at radius 2 is 2.19 bits per heavy atom. The van der Waals surface area contributed by atoms with Crippen LogP contribution in [0.2, 0.25) is 5.02 Å². The van der Waals surface area contributed by atoms with Crippen molar-refractivity contribution in [2.45, 2.75) is 18.9 Å². The molecule has 84 valence electrons. The first-order valence-corrected chi connectivity index (χ1v) is 5.84. The molecule has 0 bridgehead atoms. The predicted molar refractivity (Wildman–Crippen MR) is 65.9 cm³/mol. The molecule has 0 fully saturated rings. The molecule has 4 heteroatoms. The summed E-state index contributed by atoms with van der Waals surface area (Å²) in [4.78, 5) is 12.1. The molecule has 1 aliphatic heterocycles. The van der Waals surface area contributed by atoms with Gasteiger partial charge in [0.1, 0.15) is 0 Å². The van der Waals surface area contributed by atoms with Crippen molar-refractivity contribution in [1.29, 1.82) is 0 Å². The highest BCUT2D eigenvalue weighted by molar-refractivity contribution is 6.31. The van der Waals surface area contributed by atoms with Crippen LogP contribution in [0, 0.1) is 0 Å². The van der Waals surface area contributed by atoms with Gasteiger partial charge in [-0.05, 0) is 31.1 Å². The zero-order valence-corrected chi connectivity index (χ0v) is 10.1. The second-order valence-corrected chi connectivity index (χ2v) is 4.54. The van der Waals surface area contributed by atoms with Gasteiger partial charge < -0.3 is 5.32 Å². The van der Waals surface area contributed by atoms with Gasteiger partial charge in [0.05, 0.1) is 11.2 Å². The third kappa shape index (κ3) is 2.57. The lowest BCUT2D eigenvalue weighted by atomic mass is 9.99. The molecule has 0 radical (unpaired) electrons. The Hall–Kier alpha value is -0.990. The quantitative estimate of drug-likeness (QED) is 0.649. The van der Waals surface area contributed by atoms with Crippen molar-refractivity contribution >= 4 is 29.0 Å². The first-order valence-electron chi connectivity index (χ1n) is 5.09. The number of nitrogens with one attached hydrogen (secondary N) is 1. The minimum absolute atomic E-state index is 0.0359. The number of allylic oxidation sites excluding steroid dienone is 1. The van der Waals surface area contributed by atoms with E-state index in [4.69, 9.17) is 23.2 Å². The number of benzene rings is 1. The molecule has 0 aliphatic carbocycles. The van der Waals surface area contributed by atoms with Gasteiger partial charge in [-0.25, -0.2) is 0 Å². The normalized spacial score (nSPS) is 19.9. The molecule has 1 unspecified atom stereocenters. The topological polar surface area (TPSA) is 29.1 Å². The van der Waals surface area contributed by atoms with Gasteiger partial charge in [0.25, 0.3) is 0 Å². The van der Waals surface area contributed by atoms with Crippen LogP contribution in [-0.2, 0) is 0 Å². The van der Waals surface area contributed by atoms with Crippen LogP contribution in [0.15, 0.2) is 35.5 Å². The fourth-order valence-electron chi connectivity index (χ4n) is 1.71. The van der Waals surface area contributed by atoms with Crippen LogP contribution in [-0.4, -0.2) is 11.8 Å². The van der Waals surface area contributed by atoms with Crippen LogP contribution in [0.5, 0.6) is 0 Å². The Balaban J connectivity index is 2.16. The summed E-state index contributed by atoms with van der Waals surface area (Å²) in [5.74, 6) is 0.0359. The van der Waals surface area contributed by atoms with Gasteiger partial charge in [0.15, 0.2) is 5.78 Å². The second kappa shape index (κ2) is 4.89. The lowest BCUT2D eigenvalue weighted by Crippen LogP contribution is -2.37. The van der Waals surface area contributed by atoms with Gasteiger partial charge in [0.2, 0.25) is 0 Å². The van der Waals surface area contributed by atoms with E-state index in [0.717, 1.165) is 12.8 Å². The van der Waals surface area contributed by atoms with E-state index in [2.05, 4.69) is 5.32 Å². The monoisotopic (exact) mass is 255 g/mol. The Bertz CT molecular complexity index is 442. The molecule has 16 heavy (non-hydrogen) atoms. The number of ketones is 1. The number of carbonyl (C=O) groups excluding carboxylic acids is 1. The molecule has 0 spiro atoms. The maximum Gasteiger partial charge on any atom is 0.185 e. The second-order valence-electron chi connectivity index (χ2n) is 3.70. The van der Waals surface area contributed by atoms with Crippen molar-refractivity contribution in [3.05, 3.63) is 46.1 Å². The number of hydrogen-bond donors (Lipinski definition) is 1. The van der Waals surface area contributed by atoms with E-state index in [-0.39, 0.29) is 11.8 Å². The number of rotatable bonds is 2. The van der Waals surface area contributed by atoms with Crippen LogP contribution in [0.25, 0.3) is 0 Å². The van der Waals surface area contributed by atoms with Crippen LogP contribution >= 0.6 is 23.2 Å². The van der Waals surface area contributed by atoms with Crippen molar-refractivity contribution in [1.82, 2.24) is 5.32 Å². The van der Waals surface area contributed by atoms with E-state index in [1.54, 1.807) is 24.3 Å². The fourth-order valence-corrected chi connectivity index (χ4v) is 2.14. The molecular formula is C12H11Cl2NO. The molecule has 1 N–H and O–H groups in total. The number of hydrogen-bond acceptors (Lipinski definition) is 2.